The Balaban J connectivity index is 2.03. The lowest BCUT2D eigenvalue weighted by Gasteiger charge is -2.17. The highest BCUT2D eigenvalue weighted by molar-refractivity contribution is 5.77. The Kier molecular flexibility index (Phi) is 5.12. The number of hydrogen-bond donors (Lipinski definition) is 1. The molecule has 1 atom stereocenters. The van der Waals surface area contributed by atoms with Crippen LogP contribution in [0.5, 0.6) is 0 Å². The average Bonchev–Trinajstić information content (AvgIpc) is 3.03. The van der Waals surface area contributed by atoms with E-state index >= 15 is 0 Å². The maximum Gasteiger partial charge on any atom is 0.221 e. The highest BCUT2D eigenvalue weighted by atomic mass is 19.1. The van der Waals surface area contributed by atoms with Gasteiger partial charge in [0.05, 0.1) is 5.69 Å². The second-order valence-electron chi connectivity index (χ2n) is 6.23. The van der Waals surface area contributed by atoms with Gasteiger partial charge in [-0.15, -0.1) is 0 Å². The van der Waals surface area contributed by atoms with Crippen molar-refractivity contribution in [2.24, 2.45) is 0 Å². The molecule has 3 aromatic rings. The lowest BCUT2D eigenvalue weighted by molar-refractivity contribution is -0.121. The SMILES string of the molecule is CCCNC(=O)CC(c1cccc(F)c1)c1cnc2c(C)cccn12. The molecule has 1 aromatic carbocycles. The van der Waals surface area contributed by atoms with Crippen molar-refractivity contribution < 1.29 is 9.18 Å². The summed E-state index contributed by atoms with van der Waals surface area (Å²) in [6, 6.07) is 10.4. The molecule has 0 saturated heterocycles. The van der Waals surface area contributed by atoms with E-state index in [-0.39, 0.29) is 24.1 Å². The van der Waals surface area contributed by atoms with Gasteiger partial charge in [-0.1, -0.05) is 25.1 Å². The summed E-state index contributed by atoms with van der Waals surface area (Å²) in [5.41, 5.74) is 3.57. The second kappa shape index (κ2) is 7.47. The Labute approximate surface area is 146 Å². The molecule has 3 rings (SSSR count). The summed E-state index contributed by atoms with van der Waals surface area (Å²) in [5, 5.41) is 2.91. The largest absolute Gasteiger partial charge is 0.356 e. The first-order valence-corrected chi connectivity index (χ1v) is 8.55. The third kappa shape index (κ3) is 3.71. The van der Waals surface area contributed by atoms with Crippen LogP contribution in [-0.2, 0) is 4.79 Å². The molecule has 0 bridgehead atoms. The highest BCUT2D eigenvalue weighted by Gasteiger charge is 2.22. The molecule has 0 aliphatic rings. The van der Waals surface area contributed by atoms with Crippen molar-refractivity contribution in [1.29, 1.82) is 0 Å². The van der Waals surface area contributed by atoms with Crippen LogP contribution in [-0.4, -0.2) is 21.8 Å². The van der Waals surface area contributed by atoms with E-state index in [2.05, 4.69) is 10.3 Å². The van der Waals surface area contributed by atoms with Crippen molar-refractivity contribution in [3.63, 3.8) is 0 Å². The zero-order valence-corrected chi connectivity index (χ0v) is 14.5. The topological polar surface area (TPSA) is 46.4 Å². The molecule has 1 unspecified atom stereocenters. The Morgan fingerprint density at radius 3 is 2.92 bits per heavy atom. The van der Waals surface area contributed by atoms with E-state index in [1.807, 2.05) is 42.6 Å². The van der Waals surface area contributed by atoms with E-state index in [0.717, 1.165) is 28.9 Å². The van der Waals surface area contributed by atoms with Gasteiger partial charge in [0.1, 0.15) is 11.5 Å². The van der Waals surface area contributed by atoms with E-state index in [1.165, 1.54) is 12.1 Å². The van der Waals surface area contributed by atoms with Crippen molar-refractivity contribution in [2.45, 2.75) is 32.6 Å². The molecule has 0 aliphatic carbocycles. The first kappa shape index (κ1) is 17.1. The zero-order valence-electron chi connectivity index (χ0n) is 14.5. The molecule has 1 N–H and O–H groups in total. The molecule has 2 aromatic heterocycles. The molecule has 0 radical (unpaired) electrons. The number of halogens is 1. The van der Waals surface area contributed by atoms with Crippen LogP contribution >= 0.6 is 0 Å². The van der Waals surface area contributed by atoms with Crippen molar-refractivity contribution in [2.75, 3.05) is 6.54 Å². The van der Waals surface area contributed by atoms with Crippen LogP contribution in [0.2, 0.25) is 0 Å². The number of carbonyl (C=O) groups excluding carboxylic acids is 1. The molecule has 0 spiro atoms. The number of aromatic nitrogens is 2. The number of amides is 1. The normalized spacial score (nSPS) is 12.3. The summed E-state index contributed by atoms with van der Waals surface area (Å²) in [6.07, 6.45) is 4.85. The molecule has 25 heavy (non-hydrogen) atoms. The number of fused-ring (bicyclic) bond motifs is 1. The van der Waals surface area contributed by atoms with Gasteiger partial charge in [-0.3, -0.25) is 4.79 Å². The molecule has 5 heteroatoms. The van der Waals surface area contributed by atoms with Crippen molar-refractivity contribution >= 4 is 11.6 Å². The summed E-state index contributed by atoms with van der Waals surface area (Å²) >= 11 is 0. The first-order chi connectivity index (χ1) is 12.1. The van der Waals surface area contributed by atoms with E-state index in [0.29, 0.717) is 6.54 Å². The minimum atomic E-state index is -0.304. The van der Waals surface area contributed by atoms with Crippen molar-refractivity contribution in [3.05, 3.63) is 71.4 Å². The van der Waals surface area contributed by atoms with Crippen LogP contribution < -0.4 is 5.32 Å². The number of hydrogen-bond acceptors (Lipinski definition) is 2. The predicted octanol–water partition coefficient (Wildman–Crippen LogP) is 3.83. The molecule has 4 nitrogen and oxygen atoms in total. The summed E-state index contributed by atoms with van der Waals surface area (Å²) in [6.45, 7) is 4.65. The number of rotatable bonds is 6. The Morgan fingerprint density at radius 2 is 2.16 bits per heavy atom. The second-order valence-corrected chi connectivity index (χ2v) is 6.23. The number of nitrogens with zero attached hydrogens (tertiary/aromatic N) is 2. The Hall–Kier alpha value is -2.69. The highest BCUT2D eigenvalue weighted by Crippen LogP contribution is 2.29. The predicted molar refractivity (Wildman–Crippen MR) is 96.1 cm³/mol. The molecule has 2 heterocycles. The lowest BCUT2D eigenvalue weighted by atomic mass is 9.92. The third-order valence-corrected chi connectivity index (χ3v) is 4.33. The number of aryl methyl sites for hydroxylation is 1. The number of nitrogens with one attached hydrogen (secondary N) is 1. The summed E-state index contributed by atoms with van der Waals surface area (Å²) < 4.78 is 15.7. The van der Waals surface area contributed by atoms with E-state index in [9.17, 15) is 9.18 Å². The molecule has 0 saturated carbocycles. The number of benzene rings is 1. The standard InChI is InChI=1S/C20H22FN3O/c1-3-9-22-19(25)12-17(15-7-4-8-16(21)11-15)18-13-23-20-14(2)6-5-10-24(18)20/h4-8,10-11,13,17H,3,9,12H2,1-2H3,(H,22,25). The number of carbonyl (C=O) groups is 1. The molecule has 1 amide bonds. The van der Waals surface area contributed by atoms with Gasteiger partial charge in [-0.25, -0.2) is 9.37 Å². The van der Waals surface area contributed by atoms with Gasteiger partial charge in [-0.2, -0.15) is 0 Å². The van der Waals surface area contributed by atoms with Crippen LogP contribution in [0.4, 0.5) is 4.39 Å². The summed E-state index contributed by atoms with van der Waals surface area (Å²) in [4.78, 5) is 16.8. The maximum absolute atomic E-state index is 13.8. The van der Waals surface area contributed by atoms with E-state index in [1.54, 1.807) is 12.3 Å². The van der Waals surface area contributed by atoms with Crippen LogP contribution in [0.15, 0.2) is 48.8 Å². The molecular weight excluding hydrogens is 317 g/mol. The van der Waals surface area contributed by atoms with Gasteiger partial charge in [-0.05, 0) is 42.7 Å². The molecule has 0 aliphatic heterocycles. The Bertz CT molecular complexity index is 888. The third-order valence-electron chi connectivity index (χ3n) is 4.33. The average molecular weight is 339 g/mol. The van der Waals surface area contributed by atoms with E-state index in [4.69, 9.17) is 0 Å². The van der Waals surface area contributed by atoms with Gasteiger partial charge in [0.2, 0.25) is 5.91 Å². The lowest BCUT2D eigenvalue weighted by Crippen LogP contribution is -2.26. The monoisotopic (exact) mass is 339 g/mol. The first-order valence-electron chi connectivity index (χ1n) is 8.55. The van der Waals surface area contributed by atoms with Crippen LogP contribution in [0.25, 0.3) is 5.65 Å². The Morgan fingerprint density at radius 1 is 1.32 bits per heavy atom. The minimum absolute atomic E-state index is 0.0429. The summed E-state index contributed by atoms with van der Waals surface area (Å²) in [5.74, 6) is -0.607. The fraction of sp³-hybridized carbons (Fsp3) is 0.300. The number of imidazole rings is 1. The molecular formula is C20H22FN3O. The smallest absolute Gasteiger partial charge is 0.221 e. The van der Waals surface area contributed by atoms with Gasteiger partial charge in [0.15, 0.2) is 0 Å². The quantitative estimate of drug-likeness (QED) is 0.742. The van der Waals surface area contributed by atoms with Crippen LogP contribution in [0.3, 0.4) is 0 Å². The fourth-order valence-corrected chi connectivity index (χ4v) is 3.07. The molecule has 0 fully saturated rings. The van der Waals surface area contributed by atoms with Crippen molar-refractivity contribution in [1.82, 2.24) is 14.7 Å². The van der Waals surface area contributed by atoms with Gasteiger partial charge >= 0.3 is 0 Å². The van der Waals surface area contributed by atoms with Crippen LogP contribution in [0.1, 0.15) is 42.5 Å². The minimum Gasteiger partial charge on any atom is -0.356 e. The van der Waals surface area contributed by atoms with Gasteiger partial charge in [0.25, 0.3) is 0 Å². The number of pyridine rings is 1. The van der Waals surface area contributed by atoms with Gasteiger partial charge < -0.3 is 9.72 Å². The fourth-order valence-electron chi connectivity index (χ4n) is 3.07. The van der Waals surface area contributed by atoms with Crippen LogP contribution in [0, 0.1) is 12.7 Å². The maximum atomic E-state index is 13.8. The summed E-state index contributed by atoms with van der Waals surface area (Å²) in [7, 11) is 0. The van der Waals surface area contributed by atoms with Gasteiger partial charge in [0, 0.05) is 31.3 Å². The van der Waals surface area contributed by atoms with E-state index < -0.39 is 0 Å². The zero-order chi connectivity index (χ0) is 17.8. The molecule has 130 valence electrons. The van der Waals surface area contributed by atoms with Crippen molar-refractivity contribution in [3.8, 4) is 0 Å².